The second-order valence-corrected chi connectivity index (χ2v) is 6.83. The summed E-state index contributed by atoms with van der Waals surface area (Å²) in [6.45, 7) is -0.627. The number of rotatable bonds is 6. The van der Waals surface area contributed by atoms with Gasteiger partial charge in [0.15, 0.2) is 12.4 Å². The molecule has 7 heteroatoms. The smallest absolute Gasteiger partial charge is 0.344 e. The topological polar surface area (TPSA) is 94.2 Å². The molecule has 1 aliphatic rings. The summed E-state index contributed by atoms with van der Waals surface area (Å²) in [7, 11) is 0. The van der Waals surface area contributed by atoms with Crippen molar-refractivity contribution in [3.05, 3.63) is 69.8 Å². The van der Waals surface area contributed by atoms with E-state index < -0.39 is 5.97 Å². The number of ether oxygens (including phenoxy) is 2. The highest BCUT2D eigenvalue weighted by molar-refractivity contribution is 5.77. The van der Waals surface area contributed by atoms with Gasteiger partial charge in [-0.2, -0.15) is 5.26 Å². The number of fused-ring (bicyclic) bond motifs is 2. The van der Waals surface area contributed by atoms with Gasteiger partial charge in [-0.05, 0) is 54.7 Å². The van der Waals surface area contributed by atoms with Crippen LogP contribution in [0.25, 0.3) is 10.9 Å². The molecular weight excluding hydrogens is 370 g/mol. The summed E-state index contributed by atoms with van der Waals surface area (Å²) in [4.78, 5) is 29.1. The van der Waals surface area contributed by atoms with Crippen LogP contribution in [0.15, 0.2) is 47.3 Å². The fourth-order valence-electron chi connectivity index (χ4n) is 3.52. The second-order valence-electron chi connectivity index (χ2n) is 6.83. The molecule has 0 saturated carbocycles. The Morgan fingerprint density at radius 2 is 2.00 bits per heavy atom. The molecule has 0 amide bonds. The van der Waals surface area contributed by atoms with Gasteiger partial charge in [0.25, 0.3) is 5.56 Å². The highest BCUT2D eigenvalue weighted by Crippen LogP contribution is 2.26. The highest BCUT2D eigenvalue weighted by atomic mass is 16.6. The largest absolute Gasteiger partial charge is 0.482 e. The lowest BCUT2D eigenvalue weighted by atomic mass is 10.1. The standard InChI is InChI=1S/C22H19N3O4/c23-10-11-25-20(24-19-7-2-1-6-18(19)22(25)27)13-29-21(26)14-28-17-9-8-15-4-3-5-16(15)12-17/h1-2,6-9,12H,3-5,11,13-14H2. The summed E-state index contributed by atoms with van der Waals surface area (Å²) in [5, 5.41) is 9.44. The molecule has 1 aliphatic carbocycles. The molecule has 2 aromatic carbocycles. The minimum absolute atomic E-state index is 0.171. The molecule has 0 spiro atoms. The summed E-state index contributed by atoms with van der Waals surface area (Å²) < 4.78 is 12.0. The van der Waals surface area contributed by atoms with Gasteiger partial charge in [0, 0.05) is 0 Å². The van der Waals surface area contributed by atoms with Gasteiger partial charge < -0.3 is 9.47 Å². The van der Waals surface area contributed by atoms with Crippen LogP contribution >= 0.6 is 0 Å². The first-order valence-corrected chi connectivity index (χ1v) is 9.41. The number of hydrogen-bond donors (Lipinski definition) is 0. The summed E-state index contributed by atoms with van der Waals surface area (Å²) in [5.74, 6) is 0.283. The lowest BCUT2D eigenvalue weighted by molar-refractivity contribution is -0.147. The van der Waals surface area contributed by atoms with E-state index >= 15 is 0 Å². The number of aryl methyl sites for hydroxylation is 2. The first kappa shape index (κ1) is 18.7. The van der Waals surface area contributed by atoms with E-state index in [-0.39, 0.29) is 31.1 Å². The monoisotopic (exact) mass is 389 g/mol. The molecule has 0 bridgehead atoms. The van der Waals surface area contributed by atoms with Gasteiger partial charge in [0.05, 0.1) is 17.0 Å². The molecule has 0 N–H and O–H groups in total. The molecule has 29 heavy (non-hydrogen) atoms. The van der Waals surface area contributed by atoms with E-state index in [4.69, 9.17) is 14.7 Å². The number of carbonyl (C=O) groups is 1. The maximum absolute atomic E-state index is 12.6. The lowest BCUT2D eigenvalue weighted by Gasteiger charge is -2.12. The van der Waals surface area contributed by atoms with E-state index in [0.717, 1.165) is 19.3 Å². The van der Waals surface area contributed by atoms with Crippen LogP contribution in [0, 0.1) is 11.3 Å². The van der Waals surface area contributed by atoms with Gasteiger partial charge in [-0.25, -0.2) is 9.78 Å². The Labute approximate surface area is 167 Å². The van der Waals surface area contributed by atoms with Crippen molar-refractivity contribution in [2.45, 2.75) is 32.4 Å². The number of carbonyl (C=O) groups excluding carboxylic acids is 1. The predicted molar refractivity (Wildman–Crippen MR) is 105 cm³/mol. The van der Waals surface area contributed by atoms with Gasteiger partial charge in [-0.15, -0.1) is 0 Å². The van der Waals surface area contributed by atoms with Gasteiger partial charge in [-0.1, -0.05) is 18.2 Å². The molecule has 0 unspecified atom stereocenters. The Morgan fingerprint density at radius 3 is 2.86 bits per heavy atom. The van der Waals surface area contributed by atoms with Crippen LogP contribution in [0.3, 0.4) is 0 Å². The summed E-state index contributed by atoms with van der Waals surface area (Å²) in [6.07, 6.45) is 3.26. The van der Waals surface area contributed by atoms with Crippen molar-refractivity contribution in [3.63, 3.8) is 0 Å². The third kappa shape index (κ3) is 3.97. The Morgan fingerprint density at radius 1 is 1.17 bits per heavy atom. The molecule has 4 rings (SSSR count). The molecule has 0 aliphatic heterocycles. The molecule has 146 valence electrons. The third-order valence-corrected chi connectivity index (χ3v) is 4.96. The SMILES string of the molecule is N#CCn1c(COC(=O)COc2ccc3c(c2)CCC3)nc2ccccc2c1=O. The van der Waals surface area contributed by atoms with Crippen LogP contribution in [0.4, 0.5) is 0 Å². The summed E-state index contributed by atoms with van der Waals surface area (Å²) in [6, 6.07) is 14.6. The van der Waals surface area contributed by atoms with Crippen LogP contribution in [0.1, 0.15) is 23.4 Å². The molecule has 0 fully saturated rings. The first-order chi connectivity index (χ1) is 14.2. The molecule has 7 nitrogen and oxygen atoms in total. The molecule has 1 heterocycles. The normalized spacial score (nSPS) is 12.4. The minimum atomic E-state index is -0.573. The maximum Gasteiger partial charge on any atom is 0.344 e. The average molecular weight is 389 g/mol. The van der Waals surface area contributed by atoms with E-state index in [1.165, 1.54) is 15.7 Å². The second kappa shape index (κ2) is 8.15. The number of aromatic nitrogens is 2. The van der Waals surface area contributed by atoms with E-state index in [0.29, 0.717) is 16.7 Å². The molecule has 0 saturated heterocycles. The number of nitriles is 1. The van der Waals surface area contributed by atoms with E-state index in [2.05, 4.69) is 4.98 Å². The Balaban J connectivity index is 1.43. The van der Waals surface area contributed by atoms with Crippen LogP contribution in [0.5, 0.6) is 5.75 Å². The fourth-order valence-corrected chi connectivity index (χ4v) is 3.52. The molecule has 3 aromatic rings. The first-order valence-electron chi connectivity index (χ1n) is 9.41. The quantitative estimate of drug-likeness (QED) is 0.602. The van der Waals surface area contributed by atoms with E-state index in [9.17, 15) is 9.59 Å². The number of esters is 1. The van der Waals surface area contributed by atoms with Gasteiger partial charge in [-0.3, -0.25) is 9.36 Å². The zero-order valence-electron chi connectivity index (χ0n) is 15.8. The van der Waals surface area contributed by atoms with Crippen molar-refractivity contribution in [3.8, 4) is 11.8 Å². The minimum Gasteiger partial charge on any atom is -0.482 e. The predicted octanol–water partition coefficient (Wildman–Crippen LogP) is 2.53. The van der Waals surface area contributed by atoms with Crippen LogP contribution < -0.4 is 10.3 Å². The van der Waals surface area contributed by atoms with Crippen LogP contribution in [-0.4, -0.2) is 22.1 Å². The van der Waals surface area contributed by atoms with Crippen molar-refractivity contribution < 1.29 is 14.3 Å². The number of nitrogens with zero attached hydrogens (tertiary/aromatic N) is 3. The van der Waals surface area contributed by atoms with Crippen molar-refractivity contribution in [1.82, 2.24) is 9.55 Å². The summed E-state index contributed by atoms with van der Waals surface area (Å²) in [5.41, 5.74) is 2.75. The van der Waals surface area contributed by atoms with Gasteiger partial charge >= 0.3 is 5.97 Å². The van der Waals surface area contributed by atoms with Crippen molar-refractivity contribution in [2.75, 3.05) is 6.61 Å². The highest BCUT2D eigenvalue weighted by Gasteiger charge is 2.14. The van der Waals surface area contributed by atoms with Crippen molar-refractivity contribution >= 4 is 16.9 Å². The van der Waals surface area contributed by atoms with E-state index in [1.54, 1.807) is 24.3 Å². The van der Waals surface area contributed by atoms with E-state index in [1.807, 2.05) is 24.3 Å². The molecule has 0 radical (unpaired) electrons. The molecule has 0 atom stereocenters. The zero-order chi connectivity index (χ0) is 20.2. The van der Waals surface area contributed by atoms with Gasteiger partial charge in [0.2, 0.25) is 0 Å². The Kier molecular flexibility index (Phi) is 5.25. The zero-order valence-corrected chi connectivity index (χ0v) is 15.8. The fraction of sp³-hybridized carbons (Fsp3) is 0.273. The lowest BCUT2D eigenvalue weighted by Crippen LogP contribution is -2.26. The number of para-hydroxylation sites is 1. The van der Waals surface area contributed by atoms with Crippen LogP contribution in [-0.2, 0) is 35.5 Å². The third-order valence-electron chi connectivity index (χ3n) is 4.96. The van der Waals surface area contributed by atoms with Gasteiger partial charge in [0.1, 0.15) is 18.9 Å². The Hall–Kier alpha value is -3.66. The molecular formula is C22H19N3O4. The molecule has 1 aromatic heterocycles. The Bertz CT molecular complexity index is 1180. The summed E-state index contributed by atoms with van der Waals surface area (Å²) >= 11 is 0. The average Bonchev–Trinajstić information content (AvgIpc) is 3.21. The number of benzene rings is 2. The van der Waals surface area contributed by atoms with Crippen molar-refractivity contribution in [2.24, 2.45) is 0 Å². The van der Waals surface area contributed by atoms with Crippen LogP contribution in [0.2, 0.25) is 0 Å². The number of hydrogen-bond acceptors (Lipinski definition) is 6. The van der Waals surface area contributed by atoms with Crippen molar-refractivity contribution in [1.29, 1.82) is 5.26 Å². The maximum atomic E-state index is 12.6.